The molecule has 0 aliphatic carbocycles. The van der Waals surface area contributed by atoms with Gasteiger partial charge in [0, 0.05) is 114 Å². The Morgan fingerprint density at radius 1 is 0.645 bits per heavy atom. The first-order chi connectivity index (χ1) is 51.0. The van der Waals surface area contributed by atoms with Gasteiger partial charge in [0.05, 0.1) is 55.3 Å². The lowest BCUT2D eigenvalue weighted by molar-refractivity contribution is -0.138. The summed E-state index contributed by atoms with van der Waals surface area (Å²) >= 11 is 0. The minimum atomic E-state index is -4.71. The molecule has 0 unspecified atom stereocenters. The third-order valence-electron chi connectivity index (χ3n) is 16.4. The van der Waals surface area contributed by atoms with E-state index >= 15 is 0 Å². The van der Waals surface area contributed by atoms with Gasteiger partial charge in [-0.15, -0.1) is 4.99 Å². The second-order valence-corrected chi connectivity index (χ2v) is 24.3. The van der Waals surface area contributed by atoms with Gasteiger partial charge in [-0.25, -0.2) is 24.1 Å². The molecular formula is C75H68F7N15O10. The number of amidine groups is 1. The molecule has 1 atom stereocenters. The number of pyridine rings is 1. The van der Waals surface area contributed by atoms with Gasteiger partial charge in [-0.05, 0) is 166 Å². The molecule has 7 heterocycles. The number of halogens is 7. The Hall–Kier alpha value is -13.0. The minimum absolute atomic E-state index is 0.0428. The number of aliphatic imine (C=N–C) groups is 1. The number of hydrogen-bond acceptors (Lipinski definition) is 18. The summed E-state index contributed by atoms with van der Waals surface area (Å²) in [6.07, 6.45) is -2.23. The number of aliphatic hydroxyl groups is 1. The topological polar surface area (TPSA) is 320 Å². The van der Waals surface area contributed by atoms with Gasteiger partial charge in [0.2, 0.25) is 0 Å². The SMILES string of the molecule is CCOC(N)=Nc1ncc(C#Cc2cc(NC(=O)c3cc(N4CCC[C@H](O)C4)cc(C(F)(F)F)c3)ccn2)o1.Cc1ccc(C(=O)Nc2cc(N3CCOC3=O)cc(C(F)(F)F)c2)cc1C#Cc1cnc(C(N)=O)o1.Cc1ccc(NC(=O)c2cc(F)cc(N3CCN(C)CC3)c2)cc1C#Cc1cncn1C. The molecule has 4 aromatic heterocycles. The second kappa shape index (κ2) is 34.1. The van der Waals surface area contributed by atoms with E-state index in [-0.39, 0.29) is 94.6 Å². The highest BCUT2D eigenvalue weighted by molar-refractivity contribution is 6.07. The quantitative estimate of drug-likeness (QED) is 0.0286. The molecule has 3 aliphatic rings. The number of ether oxygens (including phenoxy) is 2. The van der Waals surface area contributed by atoms with Crippen molar-refractivity contribution in [3.63, 3.8) is 0 Å². The molecular weight excluding hydrogens is 1400 g/mol. The van der Waals surface area contributed by atoms with Crippen LogP contribution in [-0.4, -0.2) is 142 Å². The molecule has 3 aliphatic heterocycles. The van der Waals surface area contributed by atoms with Gasteiger partial charge in [-0.1, -0.05) is 24.0 Å². The van der Waals surface area contributed by atoms with Crippen molar-refractivity contribution in [2.24, 2.45) is 23.5 Å². The van der Waals surface area contributed by atoms with Crippen LogP contribution in [0.1, 0.15) is 118 Å². The molecule has 107 heavy (non-hydrogen) atoms. The highest BCUT2D eigenvalue weighted by Crippen LogP contribution is 2.37. The number of hydrogen-bond donors (Lipinski definition) is 6. The summed E-state index contributed by atoms with van der Waals surface area (Å²) < 4.78 is 118. The molecule has 5 aromatic carbocycles. The first kappa shape index (κ1) is 76.6. The van der Waals surface area contributed by atoms with Crippen molar-refractivity contribution >= 4 is 75.9 Å². The maximum atomic E-state index is 14.3. The number of amides is 5. The number of nitrogens with two attached hydrogens (primary N) is 2. The van der Waals surface area contributed by atoms with Gasteiger partial charge in [0.25, 0.3) is 29.6 Å². The molecule has 0 saturated carbocycles. The molecule has 0 bridgehead atoms. The molecule has 0 spiro atoms. The first-order valence-electron chi connectivity index (χ1n) is 32.9. The summed E-state index contributed by atoms with van der Waals surface area (Å²) in [5.41, 5.74) is 14.5. The fraction of sp³-hybridized carbons (Fsp3) is 0.253. The highest BCUT2D eigenvalue weighted by Gasteiger charge is 2.35. The number of aryl methyl sites for hydroxylation is 3. The van der Waals surface area contributed by atoms with Gasteiger partial charge in [-0.3, -0.25) is 24.1 Å². The third kappa shape index (κ3) is 21.1. The number of likely N-dealkylation sites (N-methyl/N-ethyl adjacent to an activating group) is 1. The van der Waals surface area contributed by atoms with E-state index in [4.69, 9.17) is 29.8 Å². The molecule has 8 N–H and O–H groups in total. The van der Waals surface area contributed by atoms with Crippen LogP contribution in [0.15, 0.2) is 148 Å². The van der Waals surface area contributed by atoms with E-state index in [2.05, 4.69) is 93.2 Å². The molecule has 12 rings (SSSR count). The van der Waals surface area contributed by atoms with E-state index in [1.807, 2.05) is 36.7 Å². The number of piperazine rings is 1. The maximum absolute atomic E-state index is 14.3. The Kier molecular flexibility index (Phi) is 24.4. The van der Waals surface area contributed by atoms with Crippen molar-refractivity contribution in [2.75, 3.05) is 96.7 Å². The number of primary amides is 1. The van der Waals surface area contributed by atoms with E-state index in [0.29, 0.717) is 48.4 Å². The van der Waals surface area contributed by atoms with Crippen molar-refractivity contribution in [1.82, 2.24) is 29.4 Å². The van der Waals surface area contributed by atoms with Gasteiger partial charge in [0.15, 0.2) is 11.5 Å². The van der Waals surface area contributed by atoms with E-state index in [9.17, 15) is 59.8 Å². The second-order valence-electron chi connectivity index (χ2n) is 24.3. The number of nitrogens with one attached hydrogen (secondary N) is 3. The van der Waals surface area contributed by atoms with Crippen LogP contribution in [-0.2, 0) is 28.9 Å². The lowest BCUT2D eigenvalue weighted by atomic mass is 10.0. The largest absolute Gasteiger partial charge is 0.465 e. The number of carbonyl (C=O) groups excluding carboxylic acids is 5. The molecule has 5 amide bonds. The summed E-state index contributed by atoms with van der Waals surface area (Å²) in [6.45, 7) is 10.0. The number of cyclic esters (lactones) is 1. The summed E-state index contributed by atoms with van der Waals surface area (Å²) in [7, 11) is 3.95. The van der Waals surface area contributed by atoms with Crippen LogP contribution in [0.5, 0.6) is 0 Å². The number of β-amino-alcohol motifs (C(OH)–C–C–N with tert-alkyl or cyclic N) is 1. The number of oxazole rings is 2. The van der Waals surface area contributed by atoms with Gasteiger partial charge < -0.3 is 70.1 Å². The van der Waals surface area contributed by atoms with Crippen molar-refractivity contribution < 1.29 is 78.1 Å². The van der Waals surface area contributed by atoms with Crippen LogP contribution < -0.4 is 42.1 Å². The zero-order valence-electron chi connectivity index (χ0n) is 58.0. The number of alkyl halides is 6. The summed E-state index contributed by atoms with van der Waals surface area (Å²) in [6, 6.07) is 23.4. The first-order valence-corrected chi connectivity index (χ1v) is 32.9. The van der Waals surface area contributed by atoms with Crippen molar-refractivity contribution in [2.45, 2.75) is 52.1 Å². The van der Waals surface area contributed by atoms with Crippen molar-refractivity contribution in [1.29, 1.82) is 0 Å². The lowest BCUT2D eigenvalue weighted by Crippen LogP contribution is -2.44. The summed E-state index contributed by atoms with van der Waals surface area (Å²) in [4.78, 5) is 88.3. The monoisotopic (exact) mass is 1470 g/mol. The molecule has 552 valence electrons. The Morgan fingerprint density at radius 2 is 1.27 bits per heavy atom. The van der Waals surface area contributed by atoms with Crippen molar-refractivity contribution in [3.8, 4) is 35.5 Å². The smallest absolute Gasteiger partial charge is 0.416 e. The summed E-state index contributed by atoms with van der Waals surface area (Å²) in [5, 5.41) is 17.9. The Labute approximate surface area is 607 Å². The molecule has 25 nitrogen and oxygen atoms in total. The lowest BCUT2D eigenvalue weighted by Gasteiger charge is -2.34. The number of carbonyl (C=O) groups is 5. The Bertz CT molecular complexity index is 5050. The fourth-order valence-corrected chi connectivity index (χ4v) is 10.7. The fourth-order valence-electron chi connectivity index (χ4n) is 10.7. The predicted molar refractivity (Wildman–Crippen MR) is 381 cm³/mol. The standard InChI is InChI=1S/C26H25F3N6O4.C25H26FN5O.C24H17F3N4O5/c1-2-38-24(30)34-25-32-14-22(39-25)6-5-18-13-19(7-8-31-18)33-23(37)16-10-17(26(27,28)29)12-20(11-16)35-9-3-4-21(36)15-35;1-18-4-6-22(13-19(18)5-7-23-16-27-17-30(23)3)28-25(32)20-12-21(26)15-24(14-20)31-10-8-29(2)9-11-31;1-13-2-3-15(8-14(13)4-5-19-12-29-22(36-19)20(28)32)21(33)30-17-9-16(24(25,26)27)10-18(11-17)31-6-7-35-23(31)34/h7-8,10-14,21,36H,2-4,9,15H2,1H3,(H2,30,32,34)(H,31,33,37);4,6,12-17H,8-11H2,1-3H3,(H,28,32);2-3,8-12H,6-7H2,1H3,(H2,28,32)(H,30,33)/t21-;;/m0../s1. The van der Waals surface area contributed by atoms with Gasteiger partial charge >= 0.3 is 30.4 Å². The number of benzene rings is 5. The van der Waals surface area contributed by atoms with E-state index < -0.39 is 59.2 Å². The minimum Gasteiger partial charge on any atom is -0.465 e. The van der Waals surface area contributed by atoms with Gasteiger partial charge in [0.1, 0.15) is 23.8 Å². The van der Waals surface area contributed by atoms with Crippen LogP contribution in [0.2, 0.25) is 0 Å². The number of aromatic nitrogens is 5. The Morgan fingerprint density at radius 3 is 1.93 bits per heavy atom. The van der Waals surface area contributed by atoms with Crippen LogP contribution in [0.25, 0.3) is 0 Å². The number of imidazole rings is 1. The molecule has 3 fully saturated rings. The van der Waals surface area contributed by atoms with Crippen LogP contribution in [0.3, 0.4) is 0 Å². The molecule has 32 heteroatoms. The van der Waals surface area contributed by atoms with Crippen LogP contribution in [0, 0.1) is 55.2 Å². The predicted octanol–water partition coefficient (Wildman–Crippen LogP) is 10.7. The summed E-state index contributed by atoms with van der Waals surface area (Å²) in [5.74, 6) is 14.1. The van der Waals surface area contributed by atoms with Gasteiger partial charge in [-0.2, -0.15) is 31.3 Å². The van der Waals surface area contributed by atoms with Crippen LogP contribution in [0.4, 0.5) is 75.7 Å². The molecule has 0 radical (unpaired) electrons. The normalized spacial score (nSPS) is 14.4. The molecule has 9 aromatic rings. The molecule has 3 saturated heterocycles. The number of piperidine rings is 1. The van der Waals surface area contributed by atoms with Crippen LogP contribution >= 0.6 is 0 Å². The number of rotatable bonds is 12. The highest BCUT2D eigenvalue weighted by atomic mass is 19.4. The average Bonchev–Trinajstić information content (AvgIpc) is 1.55. The number of anilines is 6. The van der Waals surface area contributed by atoms with E-state index in [1.54, 1.807) is 43.4 Å². The third-order valence-corrected chi connectivity index (χ3v) is 16.4. The van der Waals surface area contributed by atoms with Crippen molar-refractivity contribution in [3.05, 3.63) is 219 Å². The maximum Gasteiger partial charge on any atom is 0.416 e. The zero-order chi connectivity index (χ0) is 76.7. The average molecular weight is 1470 g/mol. The van der Waals surface area contributed by atoms with E-state index in [0.717, 1.165) is 77.9 Å². The van der Waals surface area contributed by atoms with E-state index in [1.165, 1.54) is 67.1 Å². The zero-order valence-corrected chi connectivity index (χ0v) is 58.0. The Balaban J connectivity index is 0.000000172. The number of nitrogens with zero attached hydrogens (tertiary/aromatic N) is 10. The number of aliphatic hydroxyl groups excluding tert-OH is 1.